The molecule has 0 unspecified atom stereocenters. The molecule has 0 aliphatic carbocycles. The molecule has 0 aliphatic heterocycles. The van der Waals surface area contributed by atoms with Gasteiger partial charge in [0.2, 0.25) is 0 Å². The van der Waals surface area contributed by atoms with Crippen LogP contribution in [0.2, 0.25) is 0 Å². The summed E-state index contributed by atoms with van der Waals surface area (Å²) in [6, 6.07) is 2.00. The first kappa shape index (κ1) is 18.8. The number of ether oxygens (including phenoxy) is 2. The minimum atomic E-state index is -0.609. The Hall–Kier alpha value is -1.24. The summed E-state index contributed by atoms with van der Waals surface area (Å²) in [5.74, 6) is 0. The van der Waals surface area contributed by atoms with Crippen LogP contribution in [0.15, 0.2) is 0 Å². The smallest absolute Gasteiger partial charge is 0.434 e. The van der Waals surface area contributed by atoms with Crippen molar-refractivity contribution in [2.75, 3.05) is 13.2 Å². The molecule has 0 aromatic rings. The molecule has 0 atom stereocenters. The number of unbranched alkanes of at least 4 members (excludes halogenated alkanes) is 9. The van der Waals surface area contributed by atoms with Gasteiger partial charge in [-0.1, -0.05) is 58.3 Å². The van der Waals surface area contributed by atoms with E-state index in [1.807, 2.05) is 6.07 Å². The number of nitriles is 1. The van der Waals surface area contributed by atoms with Gasteiger partial charge < -0.3 is 9.47 Å². The highest BCUT2D eigenvalue weighted by Gasteiger charge is 2.02. The Labute approximate surface area is 123 Å². The maximum atomic E-state index is 11.1. The lowest BCUT2D eigenvalue weighted by molar-refractivity contribution is 0.0536. The average molecular weight is 283 g/mol. The average Bonchev–Trinajstić information content (AvgIpc) is 2.45. The predicted molar refractivity (Wildman–Crippen MR) is 79.4 cm³/mol. The van der Waals surface area contributed by atoms with Gasteiger partial charge in [-0.25, -0.2) is 4.79 Å². The van der Waals surface area contributed by atoms with E-state index in [9.17, 15) is 4.79 Å². The van der Waals surface area contributed by atoms with E-state index < -0.39 is 6.16 Å². The van der Waals surface area contributed by atoms with E-state index >= 15 is 0 Å². The lowest BCUT2D eigenvalue weighted by Gasteiger charge is -2.05. The highest BCUT2D eigenvalue weighted by molar-refractivity contribution is 5.59. The molecule has 4 heteroatoms. The van der Waals surface area contributed by atoms with Crippen molar-refractivity contribution in [2.24, 2.45) is 0 Å². The van der Waals surface area contributed by atoms with E-state index in [1.165, 1.54) is 44.9 Å². The molecule has 0 fully saturated rings. The first-order valence-corrected chi connectivity index (χ1v) is 7.97. The van der Waals surface area contributed by atoms with Gasteiger partial charge in [0.25, 0.3) is 0 Å². The van der Waals surface area contributed by atoms with Gasteiger partial charge in [0.15, 0.2) is 0 Å². The fourth-order valence-corrected chi connectivity index (χ4v) is 1.92. The number of carbonyl (C=O) groups is 1. The summed E-state index contributed by atoms with van der Waals surface area (Å²) in [5, 5.41) is 8.31. The molecule has 0 radical (unpaired) electrons. The van der Waals surface area contributed by atoms with Gasteiger partial charge >= 0.3 is 6.16 Å². The van der Waals surface area contributed by atoms with E-state index in [1.54, 1.807) is 0 Å². The fourth-order valence-electron chi connectivity index (χ4n) is 1.92. The third-order valence-corrected chi connectivity index (χ3v) is 3.12. The van der Waals surface area contributed by atoms with Crippen molar-refractivity contribution in [3.05, 3.63) is 0 Å². The van der Waals surface area contributed by atoms with Crippen LogP contribution in [0.3, 0.4) is 0 Å². The van der Waals surface area contributed by atoms with Gasteiger partial charge in [0.1, 0.15) is 0 Å². The molecular formula is C16H29NO3. The number of carbonyl (C=O) groups excluding carboxylic acids is 1. The van der Waals surface area contributed by atoms with Crippen LogP contribution in [0.1, 0.15) is 77.6 Å². The molecule has 20 heavy (non-hydrogen) atoms. The van der Waals surface area contributed by atoms with Gasteiger partial charge in [-0.3, -0.25) is 0 Å². The second-order valence-electron chi connectivity index (χ2n) is 5.04. The fraction of sp³-hybridized carbons (Fsp3) is 0.875. The lowest BCUT2D eigenvalue weighted by Crippen LogP contribution is -2.09. The summed E-state index contributed by atoms with van der Waals surface area (Å²) >= 11 is 0. The Kier molecular flexibility index (Phi) is 14.8. The van der Waals surface area contributed by atoms with Gasteiger partial charge in [0.05, 0.1) is 19.3 Å². The highest BCUT2D eigenvalue weighted by atomic mass is 16.7. The number of hydrogen-bond donors (Lipinski definition) is 0. The zero-order valence-corrected chi connectivity index (χ0v) is 12.9. The van der Waals surface area contributed by atoms with Crippen molar-refractivity contribution in [1.82, 2.24) is 0 Å². The van der Waals surface area contributed by atoms with Crippen molar-refractivity contribution in [3.8, 4) is 6.07 Å². The SMILES string of the molecule is CCCCCCCCCCCOC(=O)OCCCC#N. The topological polar surface area (TPSA) is 59.3 Å². The van der Waals surface area contributed by atoms with Crippen molar-refractivity contribution in [2.45, 2.75) is 77.6 Å². The molecule has 116 valence electrons. The zero-order valence-electron chi connectivity index (χ0n) is 12.9. The molecule has 0 aromatic carbocycles. The molecule has 0 aromatic heterocycles. The van der Waals surface area contributed by atoms with Crippen LogP contribution in [0.5, 0.6) is 0 Å². The molecule has 0 heterocycles. The molecule has 0 rings (SSSR count). The molecule has 0 amide bonds. The van der Waals surface area contributed by atoms with Gasteiger partial charge in [-0.15, -0.1) is 0 Å². The summed E-state index contributed by atoms with van der Waals surface area (Å²) in [7, 11) is 0. The Balaban J connectivity index is 3.11. The quantitative estimate of drug-likeness (QED) is 0.353. The number of nitrogens with zero attached hydrogens (tertiary/aromatic N) is 1. The van der Waals surface area contributed by atoms with Gasteiger partial charge in [-0.2, -0.15) is 5.26 Å². The minimum absolute atomic E-state index is 0.268. The Bertz CT molecular complexity index is 261. The van der Waals surface area contributed by atoms with Gasteiger partial charge in [-0.05, 0) is 12.8 Å². The molecule has 4 nitrogen and oxygen atoms in total. The van der Waals surface area contributed by atoms with E-state index in [4.69, 9.17) is 14.7 Å². The maximum Gasteiger partial charge on any atom is 0.508 e. The maximum absolute atomic E-state index is 11.1. The highest BCUT2D eigenvalue weighted by Crippen LogP contribution is 2.09. The van der Waals surface area contributed by atoms with E-state index in [-0.39, 0.29) is 6.61 Å². The first-order chi connectivity index (χ1) is 9.81. The van der Waals surface area contributed by atoms with E-state index in [0.717, 1.165) is 12.8 Å². The van der Waals surface area contributed by atoms with Crippen LogP contribution >= 0.6 is 0 Å². The van der Waals surface area contributed by atoms with Crippen molar-refractivity contribution >= 4 is 6.16 Å². The van der Waals surface area contributed by atoms with Crippen molar-refractivity contribution in [3.63, 3.8) is 0 Å². The van der Waals surface area contributed by atoms with Crippen LogP contribution in [-0.2, 0) is 9.47 Å². The standard InChI is InChI=1S/C16H29NO3/c1-2-3-4-5-6-7-8-9-11-14-19-16(18)20-15-12-10-13-17/h2-12,14-15H2,1H3. The summed E-state index contributed by atoms with van der Waals surface area (Å²) in [6.07, 6.45) is 11.6. The Morgan fingerprint density at radius 1 is 0.850 bits per heavy atom. The first-order valence-electron chi connectivity index (χ1n) is 7.97. The summed E-state index contributed by atoms with van der Waals surface area (Å²) in [6.45, 7) is 2.94. The van der Waals surface area contributed by atoms with Crippen LogP contribution < -0.4 is 0 Å². The molecule has 0 aliphatic rings. The normalized spacial score (nSPS) is 10.0. The van der Waals surface area contributed by atoms with E-state index in [2.05, 4.69) is 6.92 Å². The van der Waals surface area contributed by atoms with Gasteiger partial charge in [0, 0.05) is 6.42 Å². The predicted octanol–water partition coefficient (Wildman–Crippen LogP) is 4.97. The molecule has 0 bridgehead atoms. The summed E-state index contributed by atoms with van der Waals surface area (Å²) in [4.78, 5) is 11.1. The lowest BCUT2D eigenvalue weighted by atomic mass is 10.1. The van der Waals surface area contributed by atoms with E-state index in [0.29, 0.717) is 19.4 Å². The molecular weight excluding hydrogens is 254 g/mol. The monoisotopic (exact) mass is 283 g/mol. The Morgan fingerprint density at radius 3 is 1.90 bits per heavy atom. The second-order valence-corrected chi connectivity index (χ2v) is 5.04. The van der Waals surface area contributed by atoms with Crippen LogP contribution in [0, 0.1) is 11.3 Å². The number of rotatable bonds is 13. The van der Waals surface area contributed by atoms with Crippen molar-refractivity contribution < 1.29 is 14.3 Å². The minimum Gasteiger partial charge on any atom is -0.434 e. The third kappa shape index (κ3) is 14.8. The second kappa shape index (κ2) is 15.8. The third-order valence-electron chi connectivity index (χ3n) is 3.12. The Morgan fingerprint density at radius 2 is 1.35 bits per heavy atom. The number of hydrogen-bond acceptors (Lipinski definition) is 4. The molecule has 0 N–H and O–H groups in total. The molecule has 0 saturated carbocycles. The van der Waals surface area contributed by atoms with Crippen LogP contribution in [0.25, 0.3) is 0 Å². The van der Waals surface area contributed by atoms with Crippen LogP contribution in [0.4, 0.5) is 4.79 Å². The zero-order chi connectivity index (χ0) is 14.9. The van der Waals surface area contributed by atoms with Crippen LogP contribution in [-0.4, -0.2) is 19.4 Å². The summed E-state index contributed by atoms with van der Waals surface area (Å²) < 4.78 is 9.75. The molecule has 0 saturated heterocycles. The summed E-state index contributed by atoms with van der Waals surface area (Å²) in [5.41, 5.74) is 0. The molecule has 0 spiro atoms. The largest absolute Gasteiger partial charge is 0.508 e. The van der Waals surface area contributed by atoms with Crippen molar-refractivity contribution in [1.29, 1.82) is 5.26 Å².